The van der Waals surface area contributed by atoms with Gasteiger partial charge in [-0.3, -0.25) is 0 Å². The molecule has 0 amide bonds. The van der Waals surface area contributed by atoms with Crippen LogP contribution in [-0.4, -0.2) is 4.57 Å². The van der Waals surface area contributed by atoms with Crippen molar-refractivity contribution in [2.45, 2.75) is 6.92 Å². The Morgan fingerprint density at radius 1 is 0.758 bits per heavy atom. The normalized spacial score (nSPS) is 12.9. The highest BCUT2D eigenvalue weighted by Gasteiger charge is 2.15. The van der Waals surface area contributed by atoms with Crippen LogP contribution in [0.5, 0.6) is 0 Å². The van der Waals surface area contributed by atoms with E-state index in [1.165, 1.54) is 21.8 Å². The Balaban J connectivity index is 1.70. The average Bonchev–Trinajstić information content (AvgIpc) is 3.40. The standard InChI is InChI=1S/C31H23NO/c1-3-11-26-27-16-10-15-23(31(27)33-30(26)4-2)21-18-19-25-24-14-8-9-17-28(24)32(29(25)20-21)22-12-6-5-7-13-22/h3-20H,1H2,2H3/b26-11-,30-4+. The second-order valence-corrected chi connectivity index (χ2v) is 8.17. The first kappa shape index (κ1) is 19.4. The number of hydrogen-bond donors (Lipinski definition) is 0. The zero-order chi connectivity index (χ0) is 22.4. The van der Waals surface area contributed by atoms with Crippen LogP contribution in [0.2, 0.25) is 0 Å². The van der Waals surface area contributed by atoms with E-state index < -0.39 is 0 Å². The molecule has 0 saturated heterocycles. The summed E-state index contributed by atoms with van der Waals surface area (Å²) in [5.74, 6) is 0. The lowest BCUT2D eigenvalue weighted by Crippen LogP contribution is -2.18. The maximum atomic E-state index is 6.33. The van der Waals surface area contributed by atoms with Gasteiger partial charge >= 0.3 is 0 Å². The Hall–Kier alpha value is -4.30. The van der Waals surface area contributed by atoms with Crippen LogP contribution in [0, 0.1) is 0 Å². The molecule has 33 heavy (non-hydrogen) atoms. The van der Waals surface area contributed by atoms with Crippen molar-refractivity contribution >= 4 is 44.9 Å². The van der Waals surface area contributed by atoms with Crippen LogP contribution in [0.25, 0.3) is 61.7 Å². The Bertz CT molecular complexity index is 1780. The summed E-state index contributed by atoms with van der Waals surface area (Å²) in [4.78, 5) is 0. The summed E-state index contributed by atoms with van der Waals surface area (Å²) >= 11 is 0. The summed E-state index contributed by atoms with van der Waals surface area (Å²) in [6.45, 7) is 5.88. The third-order valence-electron chi connectivity index (χ3n) is 6.33. The zero-order valence-corrected chi connectivity index (χ0v) is 18.5. The van der Waals surface area contributed by atoms with Crippen molar-refractivity contribution in [1.82, 2.24) is 4.57 Å². The fourth-order valence-electron chi connectivity index (χ4n) is 4.88. The molecule has 2 heteroatoms. The molecule has 6 rings (SSSR count). The monoisotopic (exact) mass is 425 g/mol. The van der Waals surface area contributed by atoms with E-state index in [0.717, 1.165) is 38.4 Å². The van der Waals surface area contributed by atoms with Crippen molar-refractivity contribution in [2.75, 3.05) is 0 Å². The average molecular weight is 426 g/mol. The van der Waals surface area contributed by atoms with E-state index in [4.69, 9.17) is 4.42 Å². The first-order valence-electron chi connectivity index (χ1n) is 11.2. The molecule has 0 N–H and O–H groups in total. The van der Waals surface area contributed by atoms with Gasteiger partial charge in [-0.05, 0) is 42.8 Å². The van der Waals surface area contributed by atoms with Crippen LogP contribution in [0.15, 0.2) is 108 Å². The summed E-state index contributed by atoms with van der Waals surface area (Å²) in [6, 6.07) is 32.2. The highest BCUT2D eigenvalue weighted by Crippen LogP contribution is 2.36. The largest absolute Gasteiger partial charge is 0.456 e. The molecular formula is C31H23NO. The van der Waals surface area contributed by atoms with E-state index in [1.54, 1.807) is 0 Å². The molecule has 0 radical (unpaired) electrons. The smallest absolute Gasteiger partial charge is 0.143 e. The fourth-order valence-corrected chi connectivity index (χ4v) is 4.88. The van der Waals surface area contributed by atoms with Crippen LogP contribution >= 0.6 is 0 Å². The minimum Gasteiger partial charge on any atom is -0.456 e. The molecule has 158 valence electrons. The molecule has 2 nitrogen and oxygen atoms in total. The quantitative estimate of drug-likeness (QED) is 0.300. The van der Waals surface area contributed by atoms with Gasteiger partial charge in [-0.2, -0.15) is 0 Å². The third kappa shape index (κ3) is 2.95. The van der Waals surface area contributed by atoms with Gasteiger partial charge in [0.05, 0.1) is 11.0 Å². The van der Waals surface area contributed by atoms with Crippen LogP contribution in [0.1, 0.15) is 6.92 Å². The van der Waals surface area contributed by atoms with Gasteiger partial charge < -0.3 is 8.98 Å². The number of allylic oxidation sites excluding steroid dienone is 1. The molecule has 4 aromatic carbocycles. The van der Waals surface area contributed by atoms with Crippen molar-refractivity contribution in [3.63, 3.8) is 0 Å². The van der Waals surface area contributed by atoms with Gasteiger partial charge in [-0.1, -0.05) is 85.5 Å². The van der Waals surface area contributed by atoms with Gasteiger partial charge in [-0.25, -0.2) is 0 Å². The topological polar surface area (TPSA) is 18.1 Å². The third-order valence-corrected chi connectivity index (χ3v) is 6.33. The van der Waals surface area contributed by atoms with Crippen LogP contribution < -0.4 is 10.6 Å². The molecule has 6 aromatic rings. The van der Waals surface area contributed by atoms with Crippen LogP contribution in [-0.2, 0) is 0 Å². The number of para-hydroxylation sites is 3. The first-order chi connectivity index (χ1) is 16.3. The molecule has 0 saturated carbocycles. The molecule has 0 aliphatic rings. The molecule has 0 spiro atoms. The van der Waals surface area contributed by atoms with Gasteiger partial charge in [-0.15, -0.1) is 0 Å². The predicted molar refractivity (Wildman–Crippen MR) is 140 cm³/mol. The van der Waals surface area contributed by atoms with E-state index >= 15 is 0 Å². The summed E-state index contributed by atoms with van der Waals surface area (Å²) < 4.78 is 8.68. The summed E-state index contributed by atoms with van der Waals surface area (Å²) in [7, 11) is 0. The van der Waals surface area contributed by atoms with Crippen LogP contribution in [0.3, 0.4) is 0 Å². The number of furan rings is 1. The second kappa shape index (κ2) is 7.68. The van der Waals surface area contributed by atoms with E-state index in [0.29, 0.717) is 0 Å². The van der Waals surface area contributed by atoms with Crippen LogP contribution in [0.4, 0.5) is 0 Å². The predicted octanol–water partition coefficient (Wildman–Crippen LogP) is 6.96. The van der Waals surface area contributed by atoms with Gasteiger partial charge in [0.2, 0.25) is 0 Å². The highest BCUT2D eigenvalue weighted by molar-refractivity contribution is 6.10. The molecule has 0 atom stereocenters. The Morgan fingerprint density at radius 3 is 2.33 bits per heavy atom. The second-order valence-electron chi connectivity index (χ2n) is 8.17. The number of aromatic nitrogens is 1. The summed E-state index contributed by atoms with van der Waals surface area (Å²) in [5, 5.41) is 4.67. The van der Waals surface area contributed by atoms with E-state index in [1.807, 2.05) is 25.2 Å². The SMILES string of the molecule is C=C/C=c1\c(=C/C)oc2c(-c3ccc4c5ccccc5n(-c5ccccc5)c4c3)cccc12. The summed E-state index contributed by atoms with van der Waals surface area (Å²) in [5.41, 5.74) is 7.54. The lowest BCUT2D eigenvalue weighted by atomic mass is 10.0. The van der Waals surface area contributed by atoms with Crippen molar-refractivity contribution < 1.29 is 4.42 Å². The molecule has 2 heterocycles. The molecule has 0 fully saturated rings. The maximum absolute atomic E-state index is 6.33. The lowest BCUT2D eigenvalue weighted by molar-refractivity contribution is 0.576. The number of rotatable bonds is 3. The van der Waals surface area contributed by atoms with Gasteiger partial charge in [0, 0.05) is 32.6 Å². The Kier molecular flexibility index (Phi) is 4.51. The van der Waals surface area contributed by atoms with Gasteiger partial charge in [0.1, 0.15) is 11.0 Å². The lowest BCUT2D eigenvalue weighted by Gasteiger charge is -2.09. The van der Waals surface area contributed by atoms with E-state index in [2.05, 4.69) is 102 Å². The number of hydrogen-bond acceptors (Lipinski definition) is 1. The van der Waals surface area contributed by atoms with E-state index in [-0.39, 0.29) is 0 Å². The Labute approximate surface area is 192 Å². The minimum atomic E-state index is 0.872. The molecule has 2 aromatic heterocycles. The minimum absolute atomic E-state index is 0.872. The summed E-state index contributed by atoms with van der Waals surface area (Å²) in [6.07, 6.45) is 5.84. The number of fused-ring (bicyclic) bond motifs is 4. The first-order valence-corrected chi connectivity index (χ1v) is 11.2. The molecular weight excluding hydrogens is 402 g/mol. The van der Waals surface area contributed by atoms with Gasteiger partial charge in [0.25, 0.3) is 0 Å². The maximum Gasteiger partial charge on any atom is 0.143 e. The molecule has 0 aliphatic heterocycles. The zero-order valence-electron chi connectivity index (χ0n) is 18.5. The molecule has 0 unspecified atom stereocenters. The van der Waals surface area contributed by atoms with E-state index in [9.17, 15) is 0 Å². The van der Waals surface area contributed by atoms with Crippen molar-refractivity contribution in [3.8, 4) is 16.8 Å². The van der Waals surface area contributed by atoms with Gasteiger partial charge in [0.15, 0.2) is 0 Å². The highest BCUT2D eigenvalue weighted by atomic mass is 16.3. The number of nitrogens with zero attached hydrogens (tertiary/aromatic N) is 1. The van der Waals surface area contributed by atoms with Crippen molar-refractivity contribution in [3.05, 3.63) is 114 Å². The molecule has 0 bridgehead atoms. The molecule has 0 aliphatic carbocycles. The van der Waals surface area contributed by atoms with Crippen molar-refractivity contribution in [1.29, 1.82) is 0 Å². The number of benzene rings is 4. The van der Waals surface area contributed by atoms with Crippen molar-refractivity contribution in [2.24, 2.45) is 0 Å². The fraction of sp³-hybridized carbons (Fsp3) is 0.0323. The Morgan fingerprint density at radius 2 is 1.52 bits per heavy atom.